The predicted molar refractivity (Wildman–Crippen MR) is 102 cm³/mol. The van der Waals surface area contributed by atoms with Crippen molar-refractivity contribution in [3.8, 4) is 5.88 Å². The lowest BCUT2D eigenvalue weighted by atomic mass is 10.1. The van der Waals surface area contributed by atoms with Gasteiger partial charge in [-0.1, -0.05) is 6.07 Å². The van der Waals surface area contributed by atoms with Crippen LogP contribution in [0.3, 0.4) is 0 Å². The van der Waals surface area contributed by atoms with E-state index in [1.54, 1.807) is 44.0 Å². The van der Waals surface area contributed by atoms with Crippen molar-refractivity contribution < 1.29 is 9.53 Å². The number of aromatic nitrogens is 4. The highest BCUT2D eigenvalue weighted by molar-refractivity contribution is 6.15. The molecule has 7 nitrogen and oxygen atoms in total. The molecule has 0 aliphatic heterocycles. The molecule has 2 N–H and O–H groups in total. The lowest BCUT2D eigenvalue weighted by Crippen LogP contribution is -2.05. The number of methoxy groups -OCH3 is 1. The summed E-state index contributed by atoms with van der Waals surface area (Å²) in [5.74, 6) is 1.17. The third kappa shape index (κ3) is 3.48. The molecule has 0 saturated heterocycles. The van der Waals surface area contributed by atoms with Gasteiger partial charge in [-0.2, -0.15) is 0 Å². The third-order valence-electron chi connectivity index (χ3n) is 4.20. The Kier molecular flexibility index (Phi) is 4.49. The van der Waals surface area contributed by atoms with Gasteiger partial charge < -0.3 is 15.0 Å². The first-order valence-corrected chi connectivity index (χ1v) is 8.40. The number of ether oxygens (including phenoxy) is 1. The minimum absolute atomic E-state index is 0.0901. The molecular weight excluding hydrogens is 342 g/mol. The van der Waals surface area contributed by atoms with E-state index in [4.69, 9.17) is 4.74 Å². The van der Waals surface area contributed by atoms with Gasteiger partial charge in [0.2, 0.25) is 5.88 Å². The van der Waals surface area contributed by atoms with Crippen molar-refractivity contribution in [1.82, 2.24) is 19.9 Å². The highest BCUT2D eigenvalue weighted by Gasteiger charge is 2.14. The first-order valence-electron chi connectivity index (χ1n) is 8.40. The van der Waals surface area contributed by atoms with Crippen LogP contribution in [0.2, 0.25) is 0 Å². The molecule has 0 aromatic carbocycles. The van der Waals surface area contributed by atoms with E-state index in [1.807, 2.05) is 24.3 Å². The maximum absolute atomic E-state index is 12.7. The fourth-order valence-electron chi connectivity index (χ4n) is 2.76. The number of H-pyrrole nitrogens is 1. The third-order valence-corrected chi connectivity index (χ3v) is 4.20. The van der Waals surface area contributed by atoms with Gasteiger partial charge in [-0.3, -0.25) is 4.79 Å². The van der Waals surface area contributed by atoms with Gasteiger partial charge >= 0.3 is 0 Å². The Labute approximate surface area is 155 Å². The summed E-state index contributed by atoms with van der Waals surface area (Å²) in [6, 6.07) is 11.0. The lowest BCUT2D eigenvalue weighted by Gasteiger charge is -2.07. The van der Waals surface area contributed by atoms with Crippen LogP contribution in [0.25, 0.3) is 11.0 Å². The van der Waals surface area contributed by atoms with Crippen LogP contribution in [-0.2, 0) is 6.54 Å². The van der Waals surface area contributed by atoms with Gasteiger partial charge in [0.05, 0.1) is 7.11 Å². The van der Waals surface area contributed by atoms with Crippen molar-refractivity contribution in [2.75, 3.05) is 12.4 Å². The van der Waals surface area contributed by atoms with Gasteiger partial charge in [0.15, 0.2) is 5.78 Å². The van der Waals surface area contributed by atoms with Crippen LogP contribution in [0.1, 0.15) is 21.5 Å². The minimum atomic E-state index is -0.0901. The molecule has 134 valence electrons. The molecule has 0 spiro atoms. The summed E-state index contributed by atoms with van der Waals surface area (Å²) in [7, 11) is 1.58. The highest BCUT2D eigenvalue weighted by Crippen LogP contribution is 2.20. The first kappa shape index (κ1) is 16.7. The minimum Gasteiger partial charge on any atom is -0.481 e. The average molecular weight is 359 g/mol. The largest absolute Gasteiger partial charge is 0.481 e. The number of pyridine rings is 3. The number of hydrogen-bond donors (Lipinski definition) is 2. The number of ketones is 1. The molecule has 4 aromatic heterocycles. The number of anilines is 1. The summed E-state index contributed by atoms with van der Waals surface area (Å²) in [5, 5.41) is 4.01. The Morgan fingerprint density at radius 2 is 2.04 bits per heavy atom. The summed E-state index contributed by atoms with van der Waals surface area (Å²) in [5.41, 5.74) is 2.81. The normalized spacial score (nSPS) is 10.7. The van der Waals surface area contributed by atoms with E-state index in [0.717, 1.165) is 10.9 Å². The molecule has 0 saturated carbocycles. The maximum Gasteiger partial charge on any atom is 0.212 e. The smallest absolute Gasteiger partial charge is 0.212 e. The van der Waals surface area contributed by atoms with E-state index in [9.17, 15) is 4.79 Å². The second kappa shape index (κ2) is 7.25. The molecule has 0 radical (unpaired) electrons. The number of aromatic amines is 1. The summed E-state index contributed by atoms with van der Waals surface area (Å²) >= 11 is 0. The second-order valence-electron chi connectivity index (χ2n) is 5.93. The molecule has 0 fully saturated rings. The van der Waals surface area contributed by atoms with Crippen LogP contribution < -0.4 is 10.1 Å². The molecule has 0 aliphatic rings. The fraction of sp³-hybridized carbons (Fsp3) is 0.100. The number of nitrogens with one attached hydrogen (secondary N) is 2. The molecule has 0 bridgehead atoms. The van der Waals surface area contributed by atoms with Crippen molar-refractivity contribution in [1.29, 1.82) is 0 Å². The second-order valence-corrected chi connectivity index (χ2v) is 5.93. The van der Waals surface area contributed by atoms with Gasteiger partial charge in [0.1, 0.15) is 11.5 Å². The van der Waals surface area contributed by atoms with Crippen LogP contribution in [0, 0.1) is 0 Å². The zero-order valence-corrected chi connectivity index (χ0v) is 14.6. The number of hydrogen-bond acceptors (Lipinski definition) is 6. The van der Waals surface area contributed by atoms with Crippen LogP contribution >= 0.6 is 0 Å². The average Bonchev–Trinajstić information content (AvgIpc) is 3.16. The monoisotopic (exact) mass is 359 g/mol. The van der Waals surface area contributed by atoms with E-state index >= 15 is 0 Å². The summed E-state index contributed by atoms with van der Waals surface area (Å²) < 4.78 is 5.04. The summed E-state index contributed by atoms with van der Waals surface area (Å²) in [6.07, 6.45) is 6.69. The Morgan fingerprint density at radius 1 is 1.11 bits per heavy atom. The number of carbonyl (C=O) groups excluding carboxylic acids is 1. The van der Waals surface area contributed by atoms with Crippen LogP contribution in [0.5, 0.6) is 5.88 Å². The Morgan fingerprint density at radius 3 is 2.78 bits per heavy atom. The number of carbonyl (C=O) groups is 1. The Hall–Kier alpha value is -3.74. The molecular formula is C20H17N5O2. The van der Waals surface area contributed by atoms with E-state index in [1.165, 1.54) is 0 Å². The fourth-order valence-corrected chi connectivity index (χ4v) is 2.76. The highest BCUT2D eigenvalue weighted by atomic mass is 16.5. The maximum atomic E-state index is 12.7. The van der Waals surface area contributed by atoms with Crippen molar-refractivity contribution in [2.45, 2.75) is 6.54 Å². The van der Waals surface area contributed by atoms with Crippen molar-refractivity contribution >= 4 is 22.6 Å². The molecule has 0 unspecified atom stereocenters. The molecule has 27 heavy (non-hydrogen) atoms. The van der Waals surface area contributed by atoms with Gasteiger partial charge in [-0.05, 0) is 29.8 Å². The van der Waals surface area contributed by atoms with Gasteiger partial charge in [-0.25, -0.2) is 15.0 Å². The lowest BCUT2D eigenvalue weighted by molar-refractivity contribution is 0.104. The number of rotatable bonds is 6. The van der Waals surface area contributed by atoms with E-state index < -0.39 is 0 Å². The topological polar surface area (TPSA) is 92.8 Å². The predicted octanol–water partition coefficient (Wildman–Crippen LogP) is 3.20. The molecule has 0 amide bonds. The molecule has 7 heteroatoms. The van der Waals surface area contributed by atoms with Crippen LogP contribution in [0.4, 0.5) is 5.82 Å². The molecule has 0 aliphatic carbocycles. The molecule has 0 atom stereocenters. The van der Waals surface area contributed by atoms with Crippen LogP contribution in [0.15, 0.2) is 61.2 Å². The van der Waals surface area contributed by atoms with Crippen LogP contribution in [-0.4, -0.2) is 32.8 Å². The van der Waals surface area contributed by atoms with Gasteiger partial charge in [0, 0.05) is 53.9 Å². The van der Waals surface area contributed by atoms with E-state index in [2.05, 4.69) is 25.3 Å². The van der Waals surface area contributed by atoms with E-state index in [-0.39, 0.29) is 5.78 Å². The van der Waals surface area contributed by atoms with Crippen molar-refractivity contribution in [3.63, 3.8) is 0 Å². The summed E-state index contributed by atoms with van der Waals surface area (Å²) in [4.78, 5) is 28.5. The van der Waals surface area contributed by atoms with Crippen molar-refractivity contribution in [3.05, 3.63) is 77.9 Å². The molecule has 4 aromatic rings. The molecule has 4 heterocycles. The van der Waals surface area contributed by atoms with Gasteiger partial charge in [0.25, 0.3) is 0 Å². The Balaban J connectivity index is 1.46. The number of nitrogens with zero attached hydrogens (tertiary/aromatic N) is 3. The zero-order chi connectivity index (χ0) is 18.6. The Bertz CT molecular complexity index is 1070. The quantitative estimate of drug-likeness (QED) is 0.514. The zero-order valence-electron chi connectivity index (χ0n) is 14.6. The van der Waals surface area contributed by atoms with Gasteiger partial charge in [-0.15, -0.1) is 0 Å². The van der Waals surface area contributed by atoms with Crippen molar-refractivity contribution in [2.24, 2.45) is 0 Å². The standard InChI is InChI=1S/C20H17N5O2/c1-27-18-7-4-13(10-24-18)9-22-17-6-5-14(11-23-17)19(26)16-12-25-20-15(16)3-2-8-21-20/h2-8,10-12H,9H2,1H3,(H,21,25)(H,22,23). The van der Waals surface area contributed by atoms with E-state index in [0.29, 0.717) is 35.0 Å². The SMILES string of the molecule is COc1ccc(CNc2ccc(C(=O)c3c[nH]c4ncccc34)cn2)cn1. The molecule has 4 rings (SSSR count). The number of fused-ring (bicyclic) bond motifs is 1. The first-order chi connectivity index (χ1) is 13.2. The summed E-state index contributed by atoms with van der Waals surface area (Å²) in [6.45, 7) is 0.575.